The molecule has 1 aliphatic heterocycles. The molecule has 0 aromatic carbocycles. The summed E-state index contributed by atoms with van der Waals surface area (Å²) in [5.74, 6) is 2.05. The summed E-state index contributed by atoms with van der Waals surface area (Å²) in [6.07, 6.45) is 9.77. The van der Waals surface area contributed by atoms with Crippen LogP contribution in [0.1, 0.15) is 78.6 Å². The summed E-state index contributed by atoms with van der Waals surface area (Å²) in [6.45, 7) is 6.86. The van der Waals surface area contributed by atoms with Crippen LogP contribution in [0.3, 0.4) is 0 Å². The van der Waals surface area contributed by atoms with Crippen LogP contribution in [0.15, 0.2) is 0 Å². The van der Waals surface area contributed by atoms with Crippen molar-refractivity contribution in [2.75, 3.05) is 13.1 Å². The number of nitrogens with one attached hydrogen (secondary N) is 2. The van der Waals surface area contributed by atoms with Gasteiger partial charge < -0.3 is 4.90 Å². The van der Waals surface area contributed by atoms with Crippen molar-refractivity contribution >= 4 is 17.7 Å². The molecule has 1 saturated heterocycles. The molecule has 6 nitrogen and oxygen atoms in total. The first-order valence-corrected chi connectivity index (χ1v) is 11.5. The molecule has 29 heavy (non-hydrogen) atoms. The van der Waals surface area contributed by atoms with Crippen LogP contribution in [0.4, 0.5) is 0 Å². The smallest absolute Gasteiger partial charge is 0.243 e. The van der Waals surface area contributed by atoms with Crippen molar-refractivity contribution in [3.63, 3.8) is 0 Å². The molecule has 1 unspecified atom stereocenters. The minimum Gasteiger partial charge on any atom is -0.341 e. The maximum absolute atomic E-state index is 12.6. The van der Waals surface area contributed by atoms with Gasteiger partial charge in [0.25, 0.3) is 0 Å². The molecular weight excluding hydrogens is 366 g/mol. The molecule has 0 aromatic rings. The number of piperidine rings is 1. The largest absolute Gasteiger partial charge is 0.341 e. The van der Waals surface area contributed by atoms with Gasteiger partial charge in [-0.3, -0.25) is 25.2 Å². The molecule has 4 saturated carbocycles. The fourth-order valence-corrected chi connectivity index (χ4v) is 6.97. The van der Waals surface area contributed by atoms with Crippen molar-refractivity contribution in [1.29, 1.82) is 0 Å². The first-order valence-electron chi connectivity index (χ1n) is 11.5. The summed E-state index contributed by atoms with van der Waals surface area (Å²) >= 11 is 0. The normalized spacial score (nSPS) is 36.0. The van der Waals surface area contributed by atoms with E-state index in [1.807, 2.05) is 20.8 Å². The zero-order chi connectivity index (χ0) is 20.8. The summed E-state index contributed by atoms with van der Waals surface area (Å²) in [4.78, 5) is 39.6. The molecule has 4 aliphatic carbocycles. The van der Waals surface area contributed by atoms with E-state index in [-0.39, 0.29) is 29.1 Å². The third-order valence-electron chi connectivity index (χ3n) is 7.75. The maximum atomic E-state index is 12.6. The van der Waals surface area contributed by atoms with E-state index in [0.29, 0.717) is 19.5 Å². The van der Waals surface area contributed by atoms with Crippen LogP contribution in [0, 0.1) is 34.5 Å². The molecule has 0 aromatic heterocycles. The highest BCUT2D eigenvalue weighted by atomic mass is 16.2. The van der Waals surface area contributed by atoms with E-state index in [1.54, 1.807) is 4.90 Å². The van der Waals surface area contributed by atoms with Gasteiger partial charge in [0.1, 0.15) is 0 Å². The van der Waals surface area contributed by atoms with Crippen molar-refractivity contribution in [1.82, 2.24) is 15.8 Å². The number of carbonyl (C=O) groups excluding carboxylic acids is 3. The molecule has 5 aliphatic rings. The van der Waals surface area contributed by atoms with Crippen LogP contribution in [0.5, 0.6) is 0 Å². The second kappa shape index (κ2) is 7.59. The summed E-state index contributed by atoms with van der Waals surface area (Å²) in [7, 11) is 0. The number of hydrogen-bond acceptors (Lipinski definition) is 3. The first kappa shape index (κ1) is 20.7. The Hall–Kier alpha value is -1.59. The number of hydrazine groups is 1. The minimum atomic E-state index is -0.440. The maximum Gasteiger partial charge on any atom is 0.243 e. The Morgan fingerprint density at radius 2 is 1.55 bits per heavy atom. The monoisotopic (exact) mass is 403 g/mol. The summed E-state index contributed by atoms with van der Waals surface area (Å²) in [5, 5.41) is 0. The number of nitrogens with zero attached hydrogens (tertiary/aromatic N) is 1. The molecule has 1 atom stereocenters. The van der Waals surface area contributed by atoms with Crippen LogP contribution in [0.2, 0.25) is 0 Å². The van der Waals surface area contributed by atoms with E-state index >= 15 is 0 Å². The van der Waals surface area contributed by atoms with E-state index in [9.17, 15) is 14.4 Å². The highest BCUT2D eigenvalue weighted by molar-refractivity contribution is 5.85. The van der Waals surface area contributed by atoms with E-state index < -0.39 is 5.41 Å². The van der Waals surface area contributed by atoms with Crippen molar-refractivity contribution in [2.24, 2.45) is 34.5 Å². The van der Waals surface area contributed by atoms with Gasteiger partial charge in [-0.2, -0.15) is 0 Å². The lowest BCUT2D eigenvalue weighted by Gasteiger charge is -2.56. The van der Waals surface area contributed by atoms with Crippen LogP contribution < -0.4 is 10.9 Å². The molecular formula is C23H37N3O3. The Morgan fingerprint density at radius 3 is 2.10 bits per heavy atom. The van der Waals surface area contributed by atoms with Gasteiger partial charge in [0.2, 0.25) is 17.7 Å². The van der Waals surface area contributed by atoms with Gasteiger partial charge in [0.05, 0.1) is 5.92 Å². The standard InChI is InChI=1S/C23H37N3O3/c1-22(2,3)21(29)26-6-4-5-18(14-26)20(28)25-24-19(27)13-23-10-15-7-16(11-23)9-17(8-15)12-23/h15-18H,4-14H2,1-3H3,(H,24,27)(H,25,28). The Kier molecular flexibility index (Phi) is 5.41. The molecule has 5 fully saturated rings. The topological polar surface area (TPSA) is 78.5 Å². The molecule has 3 amide bonds. The van der Waals surface area contributed by atoms with Crippen LogP contribution in [-0.4, -0.2) is 35.7 Å². The van der Waals surface area contributed by atoms with Gasteiger partial charge >= 0.3 is 0 Å². The van der Waals surface area contributed by atoms with Gasteiger partial charge in [-0.05, 0) is 74.5 Å². The third-order valence-corrected chi connectivity index (χ3v) is 7.75. The summed E-state index contributed by atoms with van der Waals surface area (Å²) in [5.41, 5.74) is 5.07. The van der Waals surface area contributed by atoms with Crippen molar-refractivity contribution in [3.05, 3.63) is 0 Å². The van der Waals surface area contributed by atoms with E-state index in [1.165, 1.54) is 38.5 Å². The molecule has 6 heteroatoms. The van der Waals surface area contributed by atoms with E-state index in [0.717, 1.165) is 30.6 Å². The SMILES string of the molecule is CC(C)(C)C(=O)N1CCCC(C(=O)NNC(=O)CC23CC4CC(CC(C4)C2)C3)C1. The molecule has 5 rings (SSSR count). The van der Waals surface area contributed by atoms with Crippen molar-refractivity contribution < 1.29 is 14.4 Å². The zero-order valence-corrected chi connectivity index (χ0v) is 18.3. The zero-order valence-electron chi connectivity index (χ0n) is 18.3. The second-order valence-electron chi connectivity index (χ2n) is 11.5. The Balaban J connectivity index is 1.26. The predicted molar refractivity (Wildman–Crippen MR) is 110 cm³/mol. The highest BCUT2D eigenvalue weighted by Gasteiger charge is 2.51. The van der Waals surface area contributed by atoms with Gasteiger partial charge in [-0.1, -0.05) is 20.8 Å². The first-order chi connectivity index (χ1) is 13.6. The lowest BCUT2D eigenvalue weighted by molar-refractivity contribution is -0.144. The van der Waals surface area contributed by atoms with Gasteiger partial charge in [-0.15, -0.1) is 0 Å². The average Bonchev–Trinajstić information content (AvgIpc) is 2.63. The summed E-state index contributed by atoms with van der Waals surface area (Å²) in [6, 6.07) is 0. The molecule has 1 heterocycles. The number of amides is 3. The summed E-state index contributed by atoms with van der Waals surface area (Å²) < 4.78 is 0. The predicted octanol–water partition coefficient (Wildman–Crippen LogP) is 3.03. The Labute approximate surface area is 174 Å². The van der Waals surface area contributed by atoms with Crippen molar-refractivity contribution in [2.45, 2.75) is 78.6 Å². The highest BCUT2D eigenvalue weighted by Crippen LogP contribution is 2.61. The van der Waals surface area contributed by atoms with Crippen LogP contribution >= 0.6 is 0 Å². The van der Waals surface area contributed by atoms with E-state index in [2.05, 4.69) is 10.9 Å². The average molecular weight is 404 g/mol. The lowest BCUT2D eigenvalue weighted by Crippen LogP contribution is -2.53. The van der Waals surface area contributed by atoms with Crippen molar-refractivity contribution in [3.8, 4) is 0 Å². The van der Waals surface area contributed by atoms with Crippen LogP contribution in [0.25, 0.3) is 0 Å². The number of hydrogen-bond donors (Lipinski definition) is 2. The number of likely N-dealkylation sites (tertiary alicyclic amines) is 1. The Bertz CT molecular complexity index is 646. The third kappa shape index (κ3) is 4.46. The second-order valence-corrected chi connectivity index (χ2v) is 11.5. The molecule has 4 bridgehead atoms. The molecule has 0 radical (unpaired) electrons. The van der Waals surface area contributed by atoms with Crippen LogP contribution in [-0.2, 0) is 14.4 Å². The minimum absolute atomic E-state index is 0.0567. The molecule has 162 valence electrons. The fraction of sp³-hybridized carbons (Fsp3) is 0.870. The van der Waals surface area contributed by atoms with Gasteiger partial charge in [0, 0.05) is 24.9 Å². The number of rotatable bonds is 3. The van der Waals surface area contributed by atoms with E-state index in [4.69, 9.17) is 0 Å². The molecule has 0 spiro atoms. The Morgan fingerprint density at radius 1 is 0.966 bits per heavy atom. The molecule has 2 N–H and O–H groups in total. The fourth-order valence-electron chi connectivity index (χ4n) is 6.97. The van der Waals surface area contributed by atoms with Gasteiger partial charge in [-0.25, -0.2) is 0 Å². The quantitative estimate of drug-likeness (QED) is 0.711. The van der Waals surface area contributed by atoms with Gasteiger partial charge in [0.15, 0.2) is 0 Å². The number of carbonyl (C=O) groups is 3. The lowest BCUT2D eigenvalue weighted by atomic mass is 9.49.